The van der Waals surface area contributed by atoms with E-state index in [9.17, 15) is 4.39 Å². The zero-order valence-corrected chi connectivity index (χ0v) is 9.15. The number of benzene rings is 1. The van der Waals surface area contributed by atoms with Gasteiger partial charge in [0.15, 0.2) is 0 Å². The Morgan fingerprint density at radius 1 is 1.44 bits per heavy atom. The fraction of sp³-hybridized carbons (Fsp3) is 0.417. The molecule has 0 bridgehead atoms. The summed E-state index contributed by atoms with van der Waals surface area (Å²) in [6.45, 7) is 2.21. The molecule has 4 heteroatoms. The third-order valence-electron chi connectivity index (χ3n) is 3.39. The molecule has 1 aromatic carbocycles. The number of hydrogen-bond acceptors (Lipinski definition) is 2. The standard InChI is InChI=1S/C12H14FN3/c1-7-4-9(5-7)16-11-6-8(13)2-3-10(11)15-12(16)14/h2-3,6-7,9H,4-5H2,1H3,(H2,14,15). The Balaban J connectivity index is 2.15. The summed E-state index contributed by atoms with van der Waals surface area (Å²) < 4.78 is 15.2. The minimum Gasteiger partial charge on any atom is -0.369 e. The predicted octanol–water partition coefficient (Wildman–Crippen LogP) is 2.73. The first-order chi connectivity index (χ1) is 7.65. The molecule has 3 nitrogen and oxygen atoms in total. The number of aromatic nitrogens is 2. The Bertz CT molecular complexity index is 540. The van der Waals surface area contributed by atoms with E-state index in [1.807, 2.05) is 4.57 Å². The number of halogens is 1. The molecule has 3 rings (SSSR count). The Labute approximate surface area is 93.1 Å². The molecule has 1 saturated carbocycles. The van der Waals surface area contributed by atoms with Crippen molar-refractivity contribution in [3.05, 3.63) is 24.0 Å². The van der Waals surface area contributed by atoms with Gasteiger partial charge in [0.25, 0.3) is 0 Å². The van der Waals surface area contributed by atoms with Crippen LogP contribution in [0.15, 0.2) is 18.2 Å². The number of hydrogen-bond donors (Lipinski definition) is 1. The Hall–Kier alpha value is -1.58. The highest BCUT2D eigenvalue weighted by Gasteiger charge is 2.29. The van der Waals surface area contributed by atoms with Crippen molar-refractivity contribution in [2.45, 2.75) is 25.8 Å². The van der Waals surface area contributed by atoms with Gasteiger partial charge in [-0.25, -0.2) is 9.37 Å². The van der Waals surface area contributed by atoms with E-state index < -0.39 is 0 Å². The van der Waals surface area contributed by atoms with Crippen molar-refractivity contribution < 1.29 is 4.39 Å². The molecule has 0 saturated heterocycles. The van der Waals surface area contributed by atoms with Crippen LogP contribution in [0.1, 0.15) is 25.8 Å². The molecule has 0 amide bonds. The Morgan fingerprint density at radius 3 is 2.88 bits per heavy atom. The summed E-state index contributed by atoms with van der Waals surface area (Å²) >= 11 is 0. The van der Waals surface area contributed by atoms with Gasteiger partial charge in [0.1, 0.15) is 5.82 Å². The van der Waals surface area contributed by atoms with Crippen LogP contribution in [0.25, 0.3) is 11.0 Å². The third-order valence-corrected chi connectivity index (χ3v) is 3.39. The Morgan fingerprint density at radius 2 is 2.19 bits per heavy atom. The number of anilines is 1. The van der Waals surface area contributed by atoms with Gasteiger partial charge in [0.2, 0.25) is 5.95 Å². The van der Waals surface area contributed by atoms with Crippen LogP contribution in [0, 0.1) is 11.7 Å². The van der Waals surface area contributed by atoms with Gasteiger partial charge in [0.05, 0.1) is 11.0 Å². The van der Waals surface area contributed by atoms with Crippen LogP contribution in [0.4, 0.5) is 10.3 Å². The number of rotatable bonds is 1. The largest absolute Gasteiger partial charge is 0.369 e. The van der Waals surface area contributed by atoms with Gasteiger partial charge in [-0.3, -0.25) is 0 Å². The monoisotopic (exact) mass is 219 g/mol. The lowest BCUT2D eigenvalue weighted by Gasteiger charge is -2.34. The fourth-order valence-corrected chi connectivity index (χ4v) is 2.54. The highest BCUT2D eigenvalue weighted by molar-refractivity contribution is 5.78. The summed E-state index contributed by atoms with van der Waals surface area (Å²) in [7, 11) is 0. The minimum absolute atomic E-state index is 0.235. The van der Waals surface area contributed by atoms with Gasteiger partial charge in [0, 0.05) is 6.04 Å². The maximum Gasteiger partial charge on any atom is 0.201 e. The van der Waals surface area contributed by atoms with Crippen molar-refractivity contribution in [1.29, 1.82) is 0 Å². The number of nitrogens with zero attached hydrogens (tertiary/aromatic N) is 2. The fourth-order valence-electron chi connectivity index (χ4n) is 2.54. The molecule has 1 fully saturated rings. The maximum atomic E-state index is 13.2. The first kappa shape index (κ1) is 9.63. The summed E-state index contributed by atoms with van der Waals surface area (Å²) in [6.07, 6.45) is 2.21. The smallest absolute Gasteiger partial charge is 0.201 e. The second-order valence-corrected chi connectivity index (χ2v) is 4.70. The molecule has 0 atom stereocenters. The average molecular weight is 219 g/mol. The highest BCUT2D eigenvalue weighted by atomic mass is 19.1. The maximum absolute atomic E-state index is 13.2. The molecule has 16 heavy (non-hydrogen) atoms. The summed E-state index contributed by atoms with van der Waals surface area (Å²) in [5.41, 5.74) is 7.48. The number of imidazole rings is 1. The lowest BCUT2D eigenvalue weighted by molar-refractivity contribution is 0.223. The van der Waals surface area contributed by atoms with Crippen LogP contribution in [0.2, 0.25) is 0 Å². The molecule has 1 aromatic heterocycles. The zero-order chi connectivity index (χ0) is 11.3. The van der Waals surface area contributed by atoms with Gasteiger partial charge in [-0.1, -0.05) is 6.92 Å². The lowest BCUT2D eigenvalue weighted by Crippen LogP contribution is -2.25. The van der Waals surface area contributed by atoms with Crippen LogP contribution in [0.3, 0.4) is 0 Å². The van der Waals surface area contributed by atoms with Crippen LogP contribution in [-0.2, 0) is 0 Å². The van der Waals surface area contributed by atoms with Crippen molar-refractivity contribution >= 4 is 17.0 Å². The van der Waals surface area contributed by atoms with Crippen molar-refractivity contribution in [2.24, 2.45) is 5.92 Å². The van der Waals surface area contributed by atoms with E-state index in [1.54, 1.807) is 6.07 Å². The molecule has 0 spiro atoms. The molecule has 1 aliphatic rings. The quantitative estimate of drug-likeness (QED) is 0.801. The van der Waals surface area contributed by atoms with Gasteiger partial charge in [-0.15, -0.1) is 0 Å². The summed E-state index contributed by atoms with van der Waals surface area (Å²) in [5.74, 6) is 0.994. The second kappa shape index (κ2) is 3.20. The molecule has 0 radical (unpaired) electrons. The number of nitrogens with two attached hydrogens (primary N) is 1. The van der Waals surface area contributed by atoms with E-state index >= 15 is 0 Å². The molecule has 2 N–H and O–H groups in total. The molecular weight excluding hydrogens is 205 g/mol. The van der Waals surface area contributed by atoms with Gasteiger partial charge < -0.3 is 10.3 Å². The van der Waals surface area contributed by atoms with E-state index in [0.717, 1.165) is 29.8 Å². The van der Waals surface area contributed by atoms with Gasteiger partial charge in [-0.2, -0.15) is 0 Å². The first-order valence-corrected chi connectivity index (χ1v) is 5.58. The van der Waals surface area contributed by atoms with Crippen molar-refractivity contribution in [2.75, 3.05) is 5.73 Å². The number of fused-ring (bicyclic) bond motifs is 1. The molecule has 2 aromatic rings. The molecule has 0 unspecified atom stereocenters. The first-order valence-electron chi connectivity index (χ1n) is 5.58. The van der Waals surface area contributed by atoms with E-state index in [0.29, 0.717) is 12.0 Å². The molecule has 84 valence electrons. The van der Waals surface area contributed by atoms with E-state index in [1.165, 1.54) is 12.1 Å². The van der Waals surface area contributed by atoms with E-state index in [2.05, 4.69) is 11.9 Å². The highest BCUT2D eigenvalue weighted by Crippen LogP contribution is 2.40. The van der Waals surface area contributed by atoms with Crippen molar-refractivity contribution in [3.63, 3.8) is 0 Å². The topological polar surface area (TPSA) is 43.8 Å². The second-order valence-electron chi connectivity index (χ2n) is 4.70. The predicted molar refractivity (Wildman–Crippen MR) is 61.5 cm³/mol. The van der Waals surface area contributed by atoms with Crippen molar-refractivity contribution in [3.8, 4) is 0 Å². The molecule has 1 aliphatic carbocycles. The number of nitrogen functional groups attached to an aromatic ring is 1. The molecule has 0 aliphatic heterocycles. The van der Waals surface area contributed by atoms with Gasteiger partial charge in [-0.05, 0) is 37.0 Å². The van der Waals surface area contributed by atoms with Crippen LogP contribution < -0.4 is 5.73 Å². The normalized spacial score (nSPS) is 24.6. The Kier molecular flexibility index (Phi) is 1.93. The molecular formula is C12H14FN3. The summed E-state index contributed by atoms with van der Waals surface area (Å²) in [4.78, 5) is 4.26. The van der Waals surface area contributed by atoms with Crippen LogP contribution in [0.5, 0.6) is 0 Å². The summed E-state index contributed by atoms with van der Waals surface area (Å²) in [6, 6.07) is 5.01. The van der Waals surface area contributed by atoms with Crippen LogP contribution in [-0.4, -0.2) is 9.55 Å². The zero-order valence-electron chi connectivity index (χ0n) is 9.15. The SMILES string of the molecule is CC1CC(n2c(N)nc3ccc(F)cc32)C1. The molecule has 1 heterocycles. The third kappa shape index (κ3) is 1.29. The average Bonchev–Trinajstić information content (AvgIpc) is 2.49. The van der Waals surface area contributed by atoms with E-state index in [-0.39, 0.29) is 5.82 Å². The summed E-state index contributed by atoms with van der Waals surface area (Å²) in [5, 5.41) is 0. The van der Waals surface area contributed by atoms with Crippen LogP contribution >= 0.6 is 0 Å². The lowest BCUT2D eigenvalue weighted by atomic mass is 9.81. The van der Waals surface area contributed by atoms with E-state index in [4.69, 9.17) is 5.73 Å². The van der Waals surface area contributed by atoms with Gasteiger partial charge >= 0.3 is 0 Å². The minimum atomic E-state index is -0.235. The van der Waals surface area contributed by atoms with Crippen molar-refractivity contribution in [1.82, 2.24) is 9.55 Å².